The lowest BCUT2D eigenvalue weighted by Crippen LogP contribution is -2.33. The number of carbonyl (C=O) groups is 1. The van der Waals surface area contributed by atoms with Crippen molar-refractivity contribution in [1.82, 2.24) is 4.90 Å². The molecule has 19 heavy (non-hydrogen) atoms. The molecule has 1 saturated carbocycles. The second-order valence-corrected chi connectivity index (χ2v) is 5.41. The van der Waals surface area contributed by atoms with Crippen molar-refractivity contribution >= 4 is 5.91 Å². The smallest absolute Gasteiger partial charge is 0.256 e. The molecule has 4 nitrogen and oxygen atoms in total. The molecule has 2 atom stereocenters. The zero-order valence-electron chi connectivity index (χ0n) is 10.3. The van der Waals surface area contributed by atoms with Crippen LogP contribution in [0.5, 0.6) is 0 Å². The third-order valence-corrected chi connectivity index (χ3v) is 4.24. The Labute approximate surface area is 110 Å². The van der Waals surface area contributed by atoms with Crippen LogP contribution in [0.25, 0.3) is 0 Å². The number of fused-ring (bicyclic) bond motifs is 1. The summed E-state index contributed by atoms with van der Waals surface area (Å²) < 4.78 is 13.8. The van der Waals surface area contributed by atoms with Crippen molar-refractivity contribution in [3.63, 3.8) is 0 Å². The number of amides is 1. The van der Waals surface area contributed by atoms with Crippen LogP contribution in [0.3, 0.4) is 0 Å². The summed E-state index contributed by atoms with van der Waals surface area (Å²) in [4.78, 5) is 13.8. The highest BCUT2D eigenvalue weighted by atomic mass is 19.1. The molecule has 5 heteroatoms. The number of hydrogen-bond donors (Lipinski definition) is 1. The van der Waals surface area contributed by atoms with E-state index in [2.05, 4.69) is 0 Å². The van der Waals surface area contributed by atoms with Gasteiger partial charge < -0.3 is 10.0 Å². The number of nitrogens with zero attached hydrogens (tertiary/aromatic N) is 2. The van der Waals surface area contributed by atoms with Gasteiger partial charge >= 0.3 is 0 Å². The van der Waals surface area contributed by atoms with E-state index in [-0.39, 0.29) is 29.1 Å². The van der Waals surface area contributed by atoms with Crippen molar-refractivity contribution in [2.75, 3.05) is 19.7 Å². The van der Waals surface area contributed by atoms with E-state index in [1.165, 1.54) is 12.1 Å². The van der Waals surface area contributed by atoms with Gasteiger partial charge in [-0.3, -0.25) is 4.79 Å². The van der Waals surface area contributed by atoms with Gasteiger partial charge in [0.15, 0.2) is 0 Å². The van der Waals surface area contributed by atoms with Crippen LogP contribution in [-0.2, 0) is 0 Å². The highest BCUT2D eigenvalue weighted by Crippen LogP contribution is 2.57. The lowest BCUT2D eigenvalue weighted by atomic mass is 10.1. The number of likely N-dealkylation sites (tertiary alicyclic amines) is 1. The van der Waals surface area contributed by atoms with Gasteiger partial charge in [-0.25, -0.2) is 4.39 Å². The normalized spacial score (nSPS) is 27.8. The van der Waals surface area contributed by atoms with E-state index in [9.17, 15) is 14.3 Å². The minimum absolute atomic E-state index is 0.00612. The van der Waals surface area contributed by atoms with Crippen LogP contribution in [0.15, 0.2) is 18.2 Å². The monoisotopic (exact) mass is 260 g/mol. The first-order valence-electron chi connectivity index (χ1n) is 6.19. The van der Waals surface area contributed by atoms with Crippen LogP contribution < -0.4 is 0 Å². The molecule has 1 saturated heterocycles. The number of benzene rings is 1. The topological polar surface area (TPSA) is 64.3 Å². The molecule has 1 heterocycles. The van der Waals surface area contributed by atoms with Crippen LogP contribution in [-0.4, -0.2) is 35.6 Å². The molecular formula is C14H13FN2O2. The van der Waals surface area contributed by atoms with E-state index >= 15 is 0 Å². The maximum atomic E-state index is 13.8. The van der Waals surface area contributed by atoms with E-state index in [4.69, 9.17) is 5.26 Å². The Bertz CT molecular complexity index is 592. The van der Waals surface area contributed by atoms with Gasteiger partial charge in [0.1, 0.15) is 5.82 Å². The number of nitriles is 1. The molecule has 0 radical (unpaired) electrons. The molecule has 0 aromatic heterocycles. The molecule has 2 aliphatic rings. The Morgan fingerprint density at radius 3 is 3.00 bits per heavy atom. The summed E-state index contributed by atoms with van der Waals surface area (Å²) in [6.45, 7) is 1.16. The summed E-state index contributed by atoms with van der Waals surface area (Å²) >= 11 is 0. The van der Waals surface area contributed by atoms with Crippen LogP contribution >= 0.6 is 0 Å². The van der Waals surface area contributed by atoms with Crippen molar-refractivity contribution in [3.8, 4) is 6.07 Å². The van der Waals surface area contributed by atoms with Gasteiger partial charge in [-0.1, -0.05) is 0 Å². The van der Waals surface area contributed by atoms with Gasteiger partial charge in [0.05, 0.1) is 23.8 Å². The number of hydrogen-bond acceptors (Lipinski definition) is 3. The number of aliphatic hydroxyl groups excluding tert-OH is 1. The van der Waals surface area contributed by atoms with Crippen LogP contribution in [0.1, 0.15) is 22.3 Å². The first-order chi connectivity index (χ1) is 9.09. The molecule has 0 spiro atoms. The van der Waals surface area contributed by atoms with Crippen LogP contribution in [0, 0.1) is 28.5 Å². The van der Waals surface area contributed by atoms with Crippen molar-refractivity contribution in [1.29, 1.82) is 5.26 Å². The van der Waals surface area contributed by atoms with Gasteiger partial charge in [0, 0.05) is 18.5 Å². The Morgan fingerprint density at radius 1 is 1.63 bits per heavy atom. The van der Waals surface area contributed by atoms with Gasteiger partial charge in [0.2, 0.25) is 0 Å². The van der Waals surface area contributed by atoms with E-state index in [1.807, 2.05) is 6.07 Å². The van der Waals surface area contributed by atoms with Gasteiger partial charge in [-0.15, -0.1) is 0 Å². The standard InChI is InChI=1S/C14H13FN2O2/c15-12-3-9(5-16)1-2-11(12)13(19)17-6-10-4-14(10,7-17)8-18/h1-3,10,18H,4,6-8H2/t10-,14+/m1/s1. The molecule has 0 bridgehead atoms. The van der Waals surface area contributed by atoms with Crippen LogP contribution in [0.2, 0.25) is 0 Å². The fraction of sp³-hybridized carbons (Fsp3) is 0.429. The summed E-state index contributed by atoms with van der Waals surface area (Å²) in [7, 11) is 0. The summed E-state index contributed by atoms with van der Waals surface area (Å²) in [5.41, 5.74) is 0.0529. The third-order valence-electron chi connectivity index (χ3n) is 4.24. The number of rotatable bonds is 2. The van der Waals surface area contributed by atoms with Gasteiger partial charge in [0.25, 0.3) is 5.91 Å². The summed E-state index contributed by atoms with van der Waals surface area (Å²) in [5.74, 6) is -0.674. The Hall–Kier alpha value is -1.93. The molecule has 1 aromatic carbocycles. The summed E-state index contributed by atoms with van der Waals surface area (Å²) in [6.07, 6.45) is 0.948. The number of carbonyl (C=O) groups excluding carboxylic acids is 1. The first-order valence-corrected chi connectivity index (χ1v) is 6.19. The third kappa shape index (κ3) is 1.80. The van der Waals surface area contributed by atoms with Crippen molar-refractivity contribution in [2.24, 2.45) is 11.3 Å². The summed E-state index contributed by atoms with van der Waals surface area (Å²) in [6, 6.07) is 5.70. The van der Waals surface area contributed by atoms with E-state index in [0.29, 0.717) is 19.0 Å². The van der Waals surface area contributed by atoms with Crippen molar-refractivity contribution in [3.05, 3.63) is 35.1 Å². The maximum Gasteiger partial charge on any atom is 0.256 e. The Morgan fingerprint density at radius 2 is 2.42 bits per heavy atom. The lowest BCUT2D eigenvalue weighted by molar-refractivity contribution is 0.0747. The molecule has 1 aromatic rings. The molecule has 1 aliphatic heterocycles. The highest BCUT2D eigenvalue weighted by Gasteiger charge is 2.60. The Balaban J connectivity index is 1.81. The van der Waals surface area contributed by atoms with E-state index < -0.39 is 5.82 Å². The van der Waals surface area contributed by atoms with E-state index in [1.54, 1.807) is 4.90 Å². The largest absolute Gasteiger partial charge is 0.396 e. The van der Waals surface area contributed by atoms with Gasteiger partial charge in [-0.05, 0) is 30.5 Å². The SMILES string of the molecule is N#Cc1ccc(C(=O)N2C[C@H]3C[C@@]3(CO)C2)c(F)c1. The molecule has 0 unspecified atom stereocenters. The van der Waals surface area contributed by atoms with Crippen molar-refractivity contribution in [2.45, 2.75) is 6.42 Å². The molecule has 2 fully saturated rings. The molecule has 1 amide bonds. The average molecular weight is 260 g/mol. The predicted octanol–water partition coefficient (Wildman–Crippen LogP) is 1.15. The molecule has 1 aliphatic carbocycles. The zero-order chi connectivity index (χ0) is 13.6. The Kier molecular flexibility index (Phi) is 2.58. The predicted molar refractivity (Wildman–Crippen MR) is 64.6 cm³/mol. The van der Waals surface area contributed by atoms with Gasteiger partial charge in [-0.2, -0.15) is 5.26 Å². The highest BCUT2D eigenvalue weighted by molar-refractivity contribution is 5.95. The molecule has 3 rings (SSSR count). The second kappa shape index (κ2) is 4.04. The average Bonchev–Trinajstić information content (AvgIpc) is 2.99. The number of halogens is 1. The minimum atomic E-state index is -0.664. The fourth-order valence-electron chi connectivity index (χ4n) is 2.92. The quantitative estimate of drug-likeness (QED) is 0.867. The lowest BCUT2D eigenvalue weighted by Gasteiger charge is -2.20. The van der Waals surface area contributed by atoms with E-state index in [0.717, 1.165) is 12.5 Å². The van der Waals surface area contributed by atoms with Crippen LogP contribution in [0.4, 0.5) is 4.39 Å². The first kappa shape index (κ1) is 12.1. The molecular weight excluding hydrogens is 247 g/mol. The second-order valence-electron chi connectivity index (χ2n) is 5.41. The zero-order valence-corrected chi connectivity index (χ0v) is 10.3. The minimum Gasteiger partial charge on any atom is -0.396 e. The number of aliphatic hydroxyl groups is 1. The molecule has 1 N–H and O–H groups in total. The fourth-order valence-corrected chi connectivity index (χ4v) is 2.92. The summed E-state index contributed by atoms with van der Waals surface area (Å²) in [5, 5.41) is 18.0. The van der Waals surface area contributed by atoms with Crippen molar-refractivity contribution < 1.29 is 14.3 Å². The molecule has 98 valence electrons. The maximum absolute atomic E-state index is 13.8. The number of piperidine rings is 1.